The van der Waals surface area contributed by atoms with Gasteiger partial charge in [-0.05, 0) is 37.1 Å². The summed E-state index contributed by atoms with van der Waals surface area (Å²) in [6.45, 7) is 6.02. The summed E-state index contributed by atoms with van der Waals surface area (Å²) in [7, 11) is -3.84. The molecule has 1 fully saturated rings. The standard InChI is InChI=1S/C22H26N4O4S2/c1-3-17-5-4-6-18(11-17)24-32(28,29)19-12-20(22-23-16(2)15-31-22)26(13-19)14-21(27)25-7-9-30-10-8-25/h4-6,11-13,15,24H,3,7-10,14H2,1-2H3. The molecule has 4 rings (SSSR count). The quantitative estimate of drug-likeness (QED) is 0.568. The number of aryl methyl sites for hydroxylation is 2. The summed E-state index contributed by atoms with van der Waals surface area (Å²) in [4.78, 5) is 19.2. The normalized spacial score (nSPS) is 14.5. The summed E-state index contributed by atoms with van der Waals surface area (Å²) in [6, 6.07) is 8.90. The van der Waals surface area contributed by atoms with Gasteiger partial charge in [-0.15, -0.1) is 11.3 Å². The van der Waals surface area contributed by atoms with Crippen LogP contribution in [0.15, 0.2) is 46.8 Å². The first-order valence-electron chi connectivity index (χ1n) is 10.5. The van der Waals surface area contributed by atoms with E-state index in [0.29, 0.717) is 42.7 Å². The van der Waals surface area contributed by atoms with Crippen LogP contribution in [0.2, 0.25) is 0 Å². The lowest BCUT2D eigenvalue weighted by atomic mass is 10.1. The molecule has 0 radical (unpaired) electrons. The highest BCUT2D eigenvalue weighted by molar-refractivity contribution is 7.92. The summed E-state index contributed by atoms with van der Waals surface area (Å²) in [6.07, 6.45) is 2.32. The van der Waals surface area contributed by atoms with E-state index < -0.39 is 10.0 Å². The number of carbonyl (C=O) groups is 1. The lowest BCUT2D eigenvalue weighted by molar-refractivity contribution is -0.135. The number of benzene rings is 1. The summed E-state index contributed by atoms with van der Waals surface area (Å²) in [5, 5.41) is 2.57. The molecule has 8 nitrogen and oxygen atoms in total. The Morgan fingerprint density at radius 1 is 1.25 bits per heavy atom. The third kappa shape index (κ3) is 5.03. The molecule has 1 amide bonds. The molecule has 3 heterocycles. The predicted molar refractivity (Wildman–Crippen MR) is 124 cm³/mol. The topological polar surface area (TPSA) is 93.5 Å². The average molecular weight is 475 g/mol. The second-order valence-corrected chi connectivity index (χ2v) is 10.2. The van der Waals surface area contributed by atoms with E-state index in [1.54, 1.807) is 21.6 Å². The molecule has 1 aromatic carbocycles. The second-order valence-electron chi connectivity index (χ2n) is 7.64. The molecular weight excluding hydrogens is 448 g/mol. The van der Waals surface area contributed by atoms with Crippen molar-refractivity contribution in [3.63, 3.8) is 0 Å². The van der Waals surface area contributed by atoms with Crippen LogP contribution >= 0.6 is 11.3 Å². The van der Waals surface area contributed by atoms with Gasteiger partial charge in [0.25, 0.3) is 10.0 Å². The SMILES string of the molecule is CCc1cccc(NS(=O)(=O)c2cc(-c3nc(C)cs3)n(CC(=O)N3CCOCC3)c2)c1. The van der Waals surface area contributed by atoms with Crippen LogP contribution in [-0.4, -0.2) is 55.1 Å². The number of carbonyl (C=O) groups excluding carboxylic acids is 1. The van der Waals surface area contributed by atoms with E-state index in [0.717, 1.165) is 17.7 Å². The van der Waals surface area contributed by atoms with Crippen LogP contribution < -0.4 is 4.72 Å². The van der Waals surface area contributed by atoms with E-state index in [2.05, 4.69) is 9.71 Å². The lowest BCUT2D eigenvalue weighted by Crippen LogP contribution is -2.42. The van der Waals surface area contributed by atoms with Gasteiger partial charge < -0.3 is 14.2 Å². The van der Waals surface area contributed by atoms with Gasteiger partial charge in [0.2, 0.25) is 5.91 Å². The van der Waals surface area contributed by atoms with Gasteiger partial charge in [0.15, 0.2) is 0 Å². The molecule has 32 heavy (non-hydrogen) atoms. The van der Waals surface area contributed by atoms with E-state index in [4.69, 9.17) is 4.74 Å². The molecule has 10 heteroatoms. The van der Waals surface area contributed by atoms with Gasteiger partial charge in [0.05, 0.1) is 18.9 Å². The molecule has 1 aliphatic rings. The van der Waals surface area contributed by atoms with E-state index >= 15 is 0 Å². The third-order valence-electron chi connectivity index (χ3n) is 5.28. The Balaban J connectivity index is 1.65. The number of nitrogens with one attached hydrogen (secondary N) is 1. The van der Waals surface area contributed by atoms with Gasteiger partial charge in [-0.3, -0.25) is 9.52 Å². The van der Waals surface area contributed by atoms with Crippen molar-refractivity contribution in [3.05, 3.63) is 53.2 Å². The monoisotopic (exact) mass is 474 g/mol. The Morgan fingerprint density at radius 3 is 2.72 bits per heavy atom. The number of amides is 1. The largest absolute Gasteiger partial charge is 0.378 e. The molecule has 0 atom stereocenters. The van der Waals surface area contributed by atoms with Crippen LogP contribution in [0.1, 0.15) is 18.2 Å². The summed E-state index contributed by atoms with van der Waals surface area (Å²) in [5.41, 5.74) is 2.99. The number of hydrogen-bond donors (Lipinski definition) is 1. The summed E-state index contributed by atoms with van der Waals surface area (Å²) < 4.78 is 35.9. The number of rotatable bonds is 7. The maximum atomic E-state index is 13.1. The summed E-state index contributed by atoms with van der Waals surface area (Å²) in [5.74, 6) is -0.0778. The zero-order chi connectivity index (χ0) is 22.7. The zero-order valence-corrected chi connectivity index (χ0v) is 19.7. The highest BCUT2D eigenvalue weighted by atomic mass is 32.2. The Kier molecular flexibility index (Phi) is 6.63. The first kappa shape index (κ1) is 22.5. The molecule has 1 aliphatic heterocycles. The molecule has 0 aliphatic carbocycles. The van der Waals surface area contributed by atoms with Gasteiger partial charge in [0.1, 0.15) is 16.4 Å². The number of thiazole rings is 1. The Hall–Kier alpha value is -2.69. The predicted octanol–water partition coefficient (Wildman–Crippen LogP) is 3.14. The van der Waals surface area contributed by atoms with Crippen molar-refractivity contribution in [1.29, 1.82) is 0 Å². The third-order valence-corrected chi connectivity index (χ3v) is 7.61. The zero-order valence-electron chi connectivity index (χ0n) is 18.1. The minimum Gasteiger partial charge on any atom is -0.378 e. The molecule has 1 N–H and O–H groups in total. The Bertz CT molecular complexity index is 1210. The maximum absolute atomic E-state index is 13.1. The highest BCUT2D eigenvalue weighted by Crippen LogP contribution is 2.29. The fourth-order valence-electron chi connectivity index (χ4n) is 3.54. The number of anilines is 1. The van der Waals surface area contributed by atoms with E-state index in [-0.39, 0.29) is 17.3 Å². The molecule has 0 bridgehead atoms. The van der Waals surface area contributed by atoms with Crippen LogP contribution in [0.3, 0.4) is 0 Å². The van der Waals surface area contributed by atoms with Crippen LogP contribution in [0.25, 0.3) is 10.7 Å². The van der Waals surface area contributed by atoms with Gasteiger partial charge >= 0.3 is 0 Å². The fourth-order valence-corrected chi connectivity index (χ4v) is 5.46. The van der Waals surface area contributed by atoms with Gasteiger partial charge in [0, 0.05) is 36.0 Å². The maximum Gasteiger partial charge on any atom is 0.263 e. The van der Waals surface area contributed by atoms with Crippen molar-refractivity contribution in [2.45, 2.75) is 31.7 Å². The molecule has 3 aromatic rings. The van der Waals surface area contributed by atoms with Gasteiger partial charge in [-0.2, -0.15) is 0 Å². The van der Waals surface area contributed by atoms with E-state index in [9.17, 15) is 13.2 Å². The molecule has 0 spiro atoms. The van der Waals surface area contributed by atoms with Crippen LogP contribution in [-0.2, 0) is 32.5 Å². The molecule has 1 saturated heterocycles. The molecule has 0 saturated carbocycles. The number of aromatic nitrogens is 2. The van der Waals surface area contributed by atoms with E-state index in [1.807, 2.05) is 37.4 Å². The van der Waals surface area contributed by atoms with Crippen molar-refractivity contribution >= 4 is 33.0 Å². The smallest absolute Gasteiger partial charge is 0.263 e. The van der Waals surface area contributed by atoms with Gasteiger partial charge in [-0.1, -0.05) is 19.1 Å². The van der Waals surface area contributed by atoms with Crippen molar-refractivity contribution in [2.75, 3.05) is 31.0 Å². The van der Waals surface area contributed by atoms with Crippen LogP contribution in [0.4, 0.5) is 5.69 Å². The highest BCUT2D eigenvalue weighted by Gasteiger charge is 2.24. The van der Waals surface area contributed by atoms with Gasteiger partial charge in [-0.25, -0.2) is 13.4 Å². The minimum absolute atomic E-state index is 0.0365. The minimum atomic E-state index is -3.84. The van der Waals surface area contributed by atoms with E-state index in [1.165, 1.54) is 17.5 Å². The number of hydrogen-bond acceptors (Lipinski definition) is 6. The Labute approximate surface area is 191 Å². The van der Waals surface area contributed by atoms with Crippen LogP contribution in [0.5, 0.6) is 0 Å². The number of nitrogens with zero attached hydrogens (tertiary/aromatic N) is 3. The number of ether oxygens (including phenoxy) is 1. The van der Waals surface area contributed by atoms with Crippen molar-refractivity contribution in [1.82, 2.24) is 14.5 Å². The van der Waals surface area contributed by atoms with Crippen LogP contribution in [0, 0.1) is 6.92 Å². The lowest BCUT2D eigenvalue weighted by Gasteiger charge is -2.27. The first-order chi connectivity index (χ1) is 15.4. The van der Waals surface area contributed by atoms with Crippen molar-refractivity contribution < 1.29 is 17.9 Å². The average Bonchev–Trinajstić information content (AvgIpc) is 3.40. The number of morpholine rings is 1. The molecule has 170 valence electrons. The summed E-state index contributed by atoms with van der Waals surface area (Å²) >= 11 is 1.42. The number of sulfonamides is 1. The Morgan fingerprint density at radius 2 is 2.03 bits per heavy atom. The molecule has 2 aromatic heterocycles. The molecular formula is C22H26N4O4S2. The second kappa shape index (κ2) is 9.43. The molecule has 0 unspecified atom stereocenters. The van der Waals surface area contributed by atoms with Crippen molar-refractivity contribution in [3.8, 4) is 10.7 Å². The first-order valence-corrected chi connectivity index (χ1v) is 12.8. The van der Waals surface area contributed by atoms with Crippen molar-refractivity contribution in [2.24, 2.45) is 0 Å². The fraction of sp³-hybridized carbons (Fsp3) is 0.364.